The summed E-state index contributed by atoms with van der Waals surface area (Å²) in [5.74, 6) is -0.823. The molecule has 0 radical (unpaired) electrons. The average molecular weight is 342 g/mol. The normalized spacial score (nSPS) is 16.2. The number of amides is 1. The summed E-state index contributed by atoms with van der Waals surface area (Å²) in [7, 11) is 0. The zero-order valence-corrected chi connectivity index (χ0v) is 13.6. The molecular weight excluding hydrogens is 326 g/mol. The van der Waals surface area contributed by atoms with Crippen molar-refractivity contribution in [3.8, 4) is 17.2 Å². The van der Waals surface area contributed by atoms with Crippen LogP contribution in [0.3, 0.4) is 0 Å². The minimum atomic E-state index is -1.22. The molecule has 1 heterocycles. The minimum absolute atomic E-state index is 0.245. The molecule has 2 aromatic rings. The van der Waals surface area contributed by atoms with Gasteiger partial charge in [-0.1, -0.05) is 17.7 Å². The minimum Gasteiger partial charge on any atom is -0.383 e. The molecule has 0 saturated heterocycles. The van der Waals surface area contributed by atoms with Gasteiger partial charge in [-0.3, -0.25) is 9.78 Å². The number of hydrogen-bond donors (Lipinski definition) is 2. The van der Waals surface area contributed by atoms with Crippen molar-refractivity contribution in [3.63, 3.8) is 0 Å². The molecule has 1 aliphatic rings. The quantitative estimate of drug-likeness (QED) is 0.872. The summed E-state index contributed by atoms with van der Waals surface area (Å²) < 4.78 is 0. The van der Waals surface area contributed by atoms with Gasteiger partial charge in [-0.25, -0.2) is 0 Å². The summed E-state index contributed by atoms with van der Waals surface area (Å²) in [5.41, 5.74) is 8.09. The van der Waals surface area contributed by atoms with E-state index >= 15 is 0 Å². The Hall–Kier alpha value is -2.42. The molecule has 6 heteroatoms. The molecule has 5 nitrogen and oxygen atoms in total. The van der Waals surface area contributed by atoms with E-state index in [1.54, 1.807) is 30.6 Å². The molecule has 1 amide bonds. The van der Waals surface area contributed by atoms with Crippen LogP contribution in [-0.2, 0) is 4.79 Å². The molecule has 1 aromatic heterocycles. The van der Waals surface area contributed by atoms with Crippen LogP contribution < -0.4 is 5.73 Å². The van der Waals surface area contributed by atoms with Crippen LogP contribution in [0, 0.1) is 17.2 Å². The fourth-order valence-corrected chi connectivity index (χ4v) is 3.15. The molecule has 1 aliphatic carbocycles. The van der Waals surface area contributed by atoms with Crippen molar-refractivity contribution in [2.45, 2.75) is 24.9 Å². The summed E-state index contributed by atoms with van der Waals surface area (Å²) in [5, 5.41) is 19.5. The van der Waals surface area contributed by atoms with Crippen LogP contribution in [0.15, 0.2) is 36.7 Å². The lowest BCUT2D eigenvalue weighted by Crippen LogP contribution is -2.35. The van der Waals surface area contributed by atoms with E-state index in [4.69, 9.17) is 22.6 Å². The molecule has 2 unspecified atom stereocenters. The number of aromatic nitrogens is 1. The Morgan fingerprint density at radius 2 is 2.08 bits per heavy atom. The Morgan fingerprint density at radius 3 is 2.67 bits per heavy atom. The number of primary amides is 1. The second-order valence-electron chi connectivity index (χ2n) is 6.02. The first-order valence-electron chi connectivity index (χ1n) is 7.63. The second-order valence-corrected chi connectivity index (χ2v) is 6.43. The summed E-state index contributed by atoms with van der Waals surface area (Å²) in [6.07, 6.45) is 4.04. The number of benzene rings is 1. The van der Waals surface area contributed by atoms with Gasteiger partial charge in [-0.2, -0.15) is 5.26 Å². The van der Waals surface area contributed by atoms with Gasteiger partial charge in [0.2, 0.25) is 5.91 Å². The molecule has 24 heavy (non-hydrogen) atoms. The number of carbonyl (C=O) groups is 1. The summed E-state index contributed by atoms with van der Waals surface area (Å²) in [4.78, 5) is 15.7. The van der Waals surface area contributed by atoms with E-state index in [-0.39, 0.29) is 11.8 Å². The first-order chi connectivity index (χ1) is 11.5. The molecule has 3 rings (SSSR count). The van der Waals surface area contributed by atoms with Gasteiger partial charge in [-0.15, -0.1) is 0 Å². The maximum absolute atomic E-state index is 11.4. The van der Waals surface area contributed by atoms with E-state index in [0.717, 1.165) is 29.5 Å². The zero-order chi connectivity index (χ0) is 17.3. The van der Waals surface area contributed by atoms with Gasteiger partial charge in [0.05, 0.1) is 10.6 Å². The first-order valence-corrected chi connectivity index (χ1v) is 8.01. The molecule has 122 valence electrons. The number of pyridine rings is 1. The third-order valence-electron chi connectivity index (χ3n) is 4.33. The summed E-state index contributed by atoms with van der Waals surface area (Å²) >= 11 is 6.09. The highest BCUT2D eigenvalue weighted by Crippen LogP contribution is 2.45. The fourth-order valence-electron chi connectivity index (χ4n) is 2.93. The maximum atomic E-state index is 11.4. The fraction of sp³-hybridized carbons (Fsp3) is 0.278. The second kappa shape index (κ2) is 6.60. The van der Waals surface area contributed by atoms with E-state index < -0.39 is 12.0 Å². The lowest BCUT2D eigenvalue weighted by atomic mass is 9.88. The van der Waals surface area contributed by atoms with Gasteiger partial charge in [0.1, 0.15) is 12.2 Å². The number of aliphatic hydroxyl groups excluding tert-OH is 1. The Morgan fingerprint density at radius 1 is 1.33 bits per heavy atom. The van der Waals surface area contributed by atoms with Crippen LogP contribution in [0.4, 0.5) is 0 Å². The van der Waals surface area contributed by atoms with Gasteiger partial charge >= 0.3 is 0 Å². The van der Waals surface area contributed by atoms with Crippen molar-refractivity contribution in [1.82, 2.24) is 4.98 Å². The Balaban J connectivity index is 1.98. The van der Waals surface area contributed by atoms with E-state index in [1.807, 2.05) is 12.1 Å². The van der Waals surface area contributed by atoms with Crippen molar-refractivity contribution < 1.29 is 9.90 Å². The van der Waals surface area contributed by atoms with Crippen molar-refractivity contribution >= 4 is 17.5 Å². The number of nitriles is 1. The lowest BCUT2D eigenvalue weighted by Gasteiger charge is -2.21. The summed E-state index contributed by atoms with van der Waals surface area (Å²) in [6.45, 7) is 0. The number of hydrogen-bond acceptors (Lipinski definition) is 4. The molecule has 1 fully saturated rings. The number of halogens is 1. The molecule has 3 N–H and O–H groups in total. The maximum Gasteiger partial charge on any atom is 0.246 e. The smallest absolute Gasteiger partial charge is 0.246 e. The number of aliphatic hydroxyl groups is 1. The largest absolute Gasteiger partial charge is 0.383 e. The van der Waals surface area contributed by atoms with Crippen LogP contribution in [0.2, 0.25) is 5.02 Å². The Labute approximate surface area is 144 Å². The van der Waals surface area contributed by atoms with E-state index in [0.29, 0.717) is 10.6 Å². The predicted molar refractivity (Wildman–Crippen MR) is 90.1 cm³/mol. The van der Waals surface area contributed by atoms with E-state index in [9.17, 15) is 9.90 Å². The van der Waals surface area contributed by atoms with Gasteiger partial charge < -0.3 is 10.8 Å². The Kier molecular flexibility index (Phi) is 4.52. The highest BCUT2D eigenvalue weighted by Gasteiger charge is 2.39. The van der Waals surface area contributed by atoms with Gasteiger partial charge in [-0.05, 0) is 48.1 Å². The monoisotopic (exact) mass is 341 g/mol. The molecule has 0 spiro atoms. The average Bonchev–Trinajstić information content (AvgIpc) is 3.40. The molecule has 1 saturated carbocycles. The first kappa shape index (κ1) is 16.4. The molecule has 1 aromatic carbocycles. The third kappa shape index (κ3) is 3.25. The van der Waals surface area contributed by atoms with Gasteiger partial charge in [0.25, 0.3) is 0 Å². The van der Waals surface area contributed by atoms with Gasteiger partial charge in [0, 0.05) is 23.9 Å². The third-order valence-corrected chi connectivity index (χ3v) is 4.64. The topological polar surface area (TPSA) is 100 Å². The van der Waals surface area contributed by atoms with Crippen LogP contribution >= 0.6 is 11.6 Å². The van der Waals surface area contributed by atoms with Crippen LogP contribution in [-0.4, -0.2) is 22.1 Å². The van der Waals surface area contributed by atoms with Crippen LogP contribution in [0.1, 0.15) is 29.9 Å². The Bertz CT molecular complexity index is 827. The van der Waals surface area contributed by atoms with Crippen molar-refractivity contribution in [2.24, 2.45) is 11.7 Å². The number of carbonyl (C=O) groups excluding carboxylic acids is 1. The number of nitrogens with zero attached hydrogens (tertiary/aromatic N) is 2. The van der Waals surface area contributed by atoms with E-state index in [1.165, 1.54) is 0 Å². The summed E-state index contributed by atoms with van der Waals surface area (Å²) in [6, 6.07) is 9.06. The van der Waals surface area contributed by atoms with Crippen LogP contribution in [0.5, 0.6) is 0 Å². The molecule has 0 aliphatic heterocycles. The standard InChI is InChI=1S/C18H16ClN3O2/c19-15-6-11(3-4-12(15)7-20)13-5-14(9-22-8-13)16(10-1-2-10)17(23)18(21)24/h3-6,8-10,16-17,23H,1-2H2,(H2,21,24). The highest BCUT2D eigenvalue weighted by molar-refractivity contribution is 6.32. The van der Waals surface area contributed by atoms with Crippen molar-refractivity contribution in [2.75, 3.05) is 0 Å². The lowest BCUT2D eigenvalue weighted by molar-refractivity contribution is -0.127. The molecule has 2 atom stereocenters. The molecular formula is C18H16ClN3O2. The number of rotatable bonds is 5. The van der Waals surface area contributed by atoms with Crippen LogP contribution in [0.25, 0.3) is 11.1 Å². The van der Waals surface area contributed by atoms with Gasteiger partial charge in [0.15, 0.2) is 0 Å². The predicted octanol–water partition coefficient (Wildman–Crippen LogP) is 2.61. The SMILES string of the molecule is N#Cc1ccc(-c2cncc(C(C3CC3)C(O)C(N)=O)c2)cc1Cl. The molecule has 0 bridgehead atoms. The highest BCUT2D eigenvalue weighted by atomic mass is 35.5. The zero-order valence-electron chi connectivity index (χ0n) is 12.8. The number of nitrogens with two attached hydrogens (primary N) is 1. The van der Waals surface area contributed by atoms with Crippen molar-refractivity contribution in [1.29, 1.82) is 5.26 Å². The van der Waals surface area contributed by atoms with E-state index in [2.05, 4.69) is 4.98 Å². The van der Waals surface area contributed by atoms with Crippen molar-refractivity contribution in [3.05, 3.63) is 52.8 Å².